The molecule has 1 atom stereocenters. The normalized spacial score (nSPS) is 16.1. The first-order valence-electron chi connectivity index (χ1n) is 8.65. The molecule has 0 spiro atoms. The van der Waals surface area contributed by atoms with E-state index in [0.29, 0.717) is 23.8 Å². The molecule has 0 saturated carbocycles. The number of hydrogen-bond acceptors (Lipinski definition) is 5. The highest BCUT2D eigenvalue weighted by Gasteiger charge is 2.16. The number of benzene rings is 1. The van der Waals surface area contributed by atoms with Crippen LogP contribution in [0.2, 0.25) is 0 Å². The lowest BCUT2D eigenvalue weighted by Crippen LogP contribution is -2.27. The summed E-state index contributed by atoms with van der Waals surface area (Å²) >= 11 is 0. The van der Waals surface area contributed by atoms with E-state index in [1.165, 1.54) is 16.8 Å². The third-order valence-electron chi connectivity index (χ3n) is 4.27. The van der Waals surface area contributed by atoms with Crippen molar-refractivity contribution < 1.29 is 4.74 Å². The van der Waals surface area contributed by atoms with Gasteiger partial charge in [0.2, 0.25) is 0 Å². The summed E-state index contributed by atoms with van der Waals surface area (Å²) < 4.78 is 6.85. The molecule has 3 aromatic rings. The van der Waals surface area contributed by atoms with E-state index in [1.807, 2.05) is 48.6 Å². The fraction of sp³-hybridized carbons (Fsp3) is 0.150. The molecule has 0 fully saturated rings. The van der Waals surface area contributed by atoms with Crippen LogP contribution in [0, 0.1) is 0 Å². The van der Waals surface area contributed by atoms with Crippen molar-refractivity contribution in [3.05, 3.63) is 89.2 Å². The van der Waals surface area contributed by atoms with E-state index in [2.05, 4.69) is 27.0 Å². The minimum absolute atomic E-state index is 0.104. The number of H-pyrrole nitrogens is 1. The summed E-state index contributed by atoms with van der Waals surface area (Å²) in [5, 5.41) is 6.29. The Morgan fingerprint density at radius 1 is 1.33 bits per heavy atom. The SMILES string of the molecule is C=COC1CC=CC=C1NCc1cc(=O)n2[nH]c(-c3ccccc3)nc2n1. The average Bonchev–Trinajstić information content (AvgIpc) is 3.13. The minimum atomic E-state index is -0.206. The van der Waals surface area contributed by atoms with E-state index in [1.54, 1.807) is 0 Å². The molecule has 0 bridgehead atoms. The lowest BCUT2D eigenvalue weighted by molar-refractivity contribution is 0.171. The van der Waals surface area contributed by atoms with Gasteiger partial charge in [-0.05, 0) is 6.08 Å². The molecule has 2 heterocycles. The van der Waals surface area contributed by atoms with Gasteiger partial charge in [0.05, 0.1) is 24.2 Å². The second-order valence-corrected chi connectivity index (χ2v) is 6.09. The number of nitrogens with one attached hydrogen (secondary N) is 2. The molecule has 7 heteroatoms. The third-order valence-corrected chi connectivity index (χ3v) is 4.27. The van der Waals surface area contributed by atoms with E-state index in [9.17, 15) is 4.79 Å². The Bertz CT molecular complexity index is 1080. The molecule has 0 saturated heterocycles. The summed E-state index contributed by atoms with van der Waals surface area (Å²) in [7, 11) is 0. The van der Waals surface area contributed by atoms with Gasteiger partial charge < -0.3 is 10.1 Å². The highest BCUT2D eigenvalue weighted by atomic mass is 16.5. The van der Waals surface area contributed by atoms with Gasteiger partial charge in [0.15, 0.2) is 5.82 Å². The van der Waals surface area contributed by atoms with E-state index in [-0.39, 0.29) is 11.7 Å². The molecule has 0 amide bonds. The summed E-state index contributed by atoms with van der Waals surface area (Å²) in [4.78, 5) is 21.4. The maximum Gasteiger partial charge on any atom is 0.274 e. The summed E-state index contributed by atoms with van der Waals surface area (Å²) in [6.45, 7) is 4.01. The Balaban J connectivity index is 1.58. The molecule has 0 radical (unpaired) electrons. The van der Waals surface area contributed by atoms with Crippen molar-refractivity contribution in [1.29, 1.82) is 0 Å². The third kappa shape index (κ3) is 3.52. The van der Waals surface area contributed by atoms with Crippen molar-refractivity contribution in [2.75, 3.05) is 0 Å². The molecule has 1 aliphatic rings. The number of rotatable bonds is 6. The molecule has 1 aromatic carbocycles. The van der Waals surface area contributed by atoms with Crippen molar-refractivity contribution in [3.8, 4) is 11.4 Å². The van der Waals surface area contributed by atoms with Crippen molar-refractivity contribution in [1.82, 2.24) is 24.9 Å². The lowest BCUT2D eigenvalue weighted by atomic mass is 10.1. The summed E-state index contributed by atoms with van der Waals surface area (Å²) in [5.74, 6) is 0.944. The standard InChI is InChI=1S/C20H19N5O2/c1-2-27-17-11-7-6-10-16(17)21-13-15-12-18(26)25-20(22-15)23-19(24-25)14-8-4-3-5-9-14/h2-10,12,17,21H,1,11,13H2,(H,22,23,24). The quantitative estimate of drug-likeness (QED) is 0.659. The monoisotopic (exact) mass is 361 g/mol. The Hall–Kier alpha value is -3.61. The van der Waals surface area contributed by atoms with Gasteiger partial charge in [0.1, 0.15) is 6.10 Å². The molecule has 1 aliphatic carbocycles. The van der Waals surface area contributed by atoms with Gasteiger partial charge in [0.25, 0.3) is 11.3 Å². The number of allylic oxidation sites excluding steroid dienone is 2. The van der Waals surface area contributed by atoms with E-state index in [4.69, 9.17) is 4.74 Å². The van der Waals surface area contributed by atoms with Crippen LogP contribution in [0.3, 0.4) is 0 Å². The summed E-state index contributed by atoms with van der Waals surface area (Å²) in [5.41, 5.74) is 2.22. The number of ether oxygens (including phenoxy) is 1. The van der Waals surface area contributed by atoms with Gasteiger partial charge in [-0.3, -0.25) is 9.89 Å². The average molecular weight is 361 g/mol. The maximum absolute atomic E-state index is 12.4. The first-order chi connectivity index (χ1) is 13.2. The number of aromatic nitrogens is 4. The molecule has 0 aliphatic heterocycles. The second-order valence-electron chi connectivity index (χ2n) is 6.09. The zero-order chi connectivity index (χ0) is 18.6. The van der Waals surface area contributed by atoms with E-state index < -0.39 is 0 Å². The van der Waals surface area contributed by atoms with Crippen LogP contribution in [-0.4, -0.2) is 25.7 Å². The van der Waals surface area contributed by atoms with Gasteiger partial charge in [-0.15, -0.1) is 0 Å². The van der Waals surface area contributed by atoms with E-state index in [0.717, 1.165) is 17.7 Å². The predicted molar refractivity (Wildman–Crippen MR) is 103 cm³/mol. The highest BCUT2D eigenvalue weighted by molar-refractivity contribution is 5.56. The van der Waals surface area contributed by atoms with Crippen LogP contribution in [0.25, 0.3) is 17.2 Å². The molecular formula is C20H19N5O2. The predicted octanol–water partition coefficient (Wildman–Crippen LogP) is 2.55. The van der Waals surface area contributed by atoms with E-state index >= 15 is 0 Å². The molecule has 27 heavy (non-hydrogen) atoms. The van der Waals surface area contributed by atoms with Crippen LogP contribution in [0.5, 0.6) is 0 Å². The van der Waals surface area contributed by atoms with Crippen LogP contribution in [0.4, 0.5) is 0 Å². The molecule has 136 valence electrons. The Kier molecular flexibility index (Phi) is 4.57. The summed E-state index contributed by atoms with van der Waals surface area (Å²) in [6, 6.07) is 11.1. The number of aromatic amines is 1. The first-order valence-corrected chi connectivity index (χ1v) is 8.65. The zero-order valence-corrected chi connectivity index (χ0v) is 14.6. The van der Waals surface area contributed by atoms with Crippen molar-refractivity contribution in [3.63, 3.8) is 0 Å². The van der Waals surface area contributed by atoms with Crippen molar-refractivity contribution in [2.24, 2.45) is 0 Å². The molecule has 2 aromatic heterocycles. The lowest BCUT2D eigenvalue weighted by Gasteiger charge is -2.22. The maximum atomic E-state index is 12.4. The van der Waals surface area contributed by atoms with Gasteiger partial charge in [0, 0.05) is 18.1 Å². The van der Waals surface area contributed by atoms with Crippen LogP contribution in [0.1, 0.15) is 12.1 Å². The largest absolute Gasteiger partial charge is 0.492 e. The van der Waals surface area contributed by atoms with Crippen LogP contribution in [0.15, 0.2) is 78.0 Å². The molecular weight excluding hydrogens is 342 g/mol. The van der Waals surface area contributed by atoms with Crippen LogP contribution >= 0.6 is 0 Å². The van der Waals surface area contributed by atoms with Crippen molar-refractivity contribution >= 4 is 5.78 Å². The Morgan fingerprint density at radius 2 is 2.19 bits per heavy atom. The first kappa shape index (κ1) is 16.8. The van der Waals surface area contributed by atoms with Gasteiger partial charge >= 0.3 is 0 Å². The van der Waals surface area contributed by atoms with Gasteiger partial charge in [-0.1, -0.05) is 49.1 Å². The molecule has 2 N–H and O–H groups in total. The number of hydrogen-bond donors (Lipinski definition) is 2. The fourth-order valence-corrected chi connectivity index (χ4v) is 2.96. The minimum Gasteiger partial charge on any atom is -0.492 e. The second kappa shape index (κ2) is 7.33. The molecule has 4 rings (SSSR count). The smallest absolute Gasteiger partial charge is 0.274 e. The highest BCUT2D eigenvalue weighted by Crippen LogP contribution is 2.16. The van der Waals surface area contributed by atoms with Crippen LogP contribution in [-0.2, 0) is 11.3 Å². The number of fused-ring (bicyclic) bond motifs is 1. The van der Waals surface area contributed by atoms with Gasteiger partial charge in [-0.25, -0.2) is 4.98 Å². The molecule has 7 nitrogen and oxygen atoms in total. The van der Waals surface area contributed by atoms with Gasteiger partial charge in [-0.2, -0.15) is 9.50 Å². The Morgan fingerprint density at radius 3 is 3.00 bits per heavy atom. The Labute approximate surface area is 155 Å². The van der Waals surface area contributed by atoms with Crippen LogP contribution < -0.4 is 10.9 Å². The topological polar surface area (TPSA) is 84.3 Å². The number of nitrogens with zero attached hydrogens (tertiary/aromatic N) is 3. The molecule has 1 unspecified atom stereocenters. The fourth-order valence-electron chi connectivity index (χ4n) is 2.96. The zero-order valence-electron chi connectivity index (χ0n) is 14.6. The summed E-state index contributed by atoms with van der Waals surface area (Å²) in [6.07, 6.45) is 8.05. The van der Waals surface area contributed by atoms with Crippen molar-refractivity contribution in [2.45, 2.75) is 19.1 Å².